The Hall–Kier alpha value is -3.28. The van der Waals surface area contributed by atoms with E-state index in [1.807, 2.05) is 30.3 Å². The maximum atomic E-state index is 10.4. The summed E-state index contributed by atoms with van der Waals surface area (Å²) < 4.78 is 4.86. The lowest BCUT2D eigenvalue weighted by Gasteiger charge is -2.03. The zero-order valence-electron chi connectivity index (χ0n) is 13.2. The van der Waals surface area contributed by atoms with E-state index >= 15 is 0 Å². The number of carboxylic acids is 1. The van der Waals surface area contributed by atoms with Gasteiger partial charge in [0, 0.05) is 6.08 Å². The van der Waals surface area contributed by atoms with Gasteiger partial charge in [0.25, 0.3) is 0 Å². The molecule has 0 aliphatic rings. The van der Waals surface area contributed by atoms with Crippen molar-refractivity contribution in [2.75, 3.05) is 7.11 Å². The fraction of sp³-hybridized carbons (Fsp3) is 0.111. The van der Waals surface area contributed by atoms with Crippen LogP contribution in [0.4, 0.5) is 0 Å². The first-order chi connectivity index (χ1) is 11.4. The minimum Gasteiger partial charge on any atom is -0.504 e. The van der Waals surface area contributed by atoms with Crippen molar-refractivity contribution in [3.05, 3.63) is 65.7 Å². The Morgan fingerprint density at radius 3 is 2.38 bits per heavy atom. The normalized spacial score (nSPS) is 9.88. The third-order valence-electron chi connectivity index (χ3n) is 2.84. The second-order valence-electron chi connectivity index (χ2n) is 4.73. The number of primary amides is 1. The Morgan fingerprint density at radius 1 is 1.17 bits per heavy atom. The van der Waals surface area contributed by atoms with Crippen LogP contribution in [0.5, 0.6) is 11.5 Å². The Balaban J connectivity index is 0.000000254. The molecule has 0 fully saturated rings. The zero-order chi connectivity index (χ0) is 17.9. The van der Waals surface area contributed by atoms with Crippen molar-refractivity contribution >= 4 is 18.0 Å². The van der Waals surface area contributed by atoms with Gasteiger partial charge in [-0.1, -0.05) is 36.4 Å². The molecule has 0 aliphatic heterocycles. The minimum atomic E-state index is -1.02. The Labute approximate surface area is 139 Å². The third-order valence-corrected chi connectivity index (χ3v) is 2.84. The summed E-state index contributed by atoms with van der Waals surface area (Å²) in [5.74, 6) is -0.958. The zero-order valence-corrected chi connectivity index (χ0v) is 13.2. The van der Waals surface area contributed by atoms with E-state index in [1.165, 1.54) is 19.3 Å². The van der Waals surface area contributed by atoms with Gasteiger partial charge in [0.2, 0.25) is 5.91 Å². The van der Waals surface area contributed by atoms with Crippen molar-refractivity contribution in [1.82, 2.24) is 0 Å². The molecular formula is C18H19NO5. The average Bonchev–Trinajstić information content (AvgIpc) is 2.55. The van der Waals surface area contributed by atoms with Gasteiger partial charge in [-0.2, -0.15) is 0 Å². The van der Waals surface area contributed by atoms with E-state index in [2.05, 4.69) is 0 Å². The highest BCUT2D eigenvalue weighted by molar-refractivity contribution is 5.85. The van der Waals surface area contributed by atoms with E-state index in [-0.39, 0.29) is 11.7 Å². The summed E-state index contributed by atoms with van der Waals surface area (Å²) in [6.45, 7) is 0. The van der Waals surface area contributed by atoms with Crippen LogP contribution in [0.3, 0.4) is 0 Å². The predicted molar refractivity (Wildman–Crippen MR) is 90.7 cm³/mol. The molecule has 2 rings (SSSR count). The van der Waals surface area contributed by atoms with Crippen molar-refractivity contribution in [3.63, 3.8) is 0 Å². The van der Waals surface area contributed by atoms with Gasteiger partial charge in [-0.05, 0) is 29.3 Å². The molecule has 2 aromatic carbocycles. The quantitative estimate of drug-likeness (QED) is 0.729. The number of aliphatic carboxylic acids is 1. The van der Waals surface area contributed by atoms with Gasteiger partial charge in [-0.3, -0.25) is 4.79 Å². The lowest BCUT2D eigenvalue weighted by atomic mass is 10.1. The number of carbonyl (C=O) groups is 2. The molecule has 0 aliphatic carbocycles. The first kappa shape index (κ1) is 18.8. The van der Waals surface area contributed by atoms with Crippen LogP contribution in [0.2, 0.25) is 0 Å². The Kier molecular flexibility index (Phi) is 7.57. The van der Waals surface area contributed by atoms with E-state index in [4.69, 9.17) is 15.6 Å². The molecule has 0 bridgehead atoms. The molecule has 1 amide bonds. The number of methoxy groups -OCH3 is 1. The number of benzene rings is 2. The molecule has 0 aromatic heterocycles. The number of amides is 1. The summed E-state index contributed by atoms with van der Waals surface area (Å²) in [7, 11) is 1.43. The summed E-state index contributed by atoms with van der Waals surface area (Å²) >= 11 is 0. The van der Waals surface area contributed by atoms with Crippen molar-refractivity contribution in [2.45, 2.75) is 6.42 Å². The lowest BCUT2D eigenvalue weighted by molar-refractivity contribution is -0.131. The van der Waals surface area contributed by atoms with E-state index in [0.717, 1.165) is 11.6 Å². The number of aromatic hydroxyl groups is 1. The molecule has 0 unspecified atom stereocenters. The third kappa shape index (κ3) is 7.13. The van der Waals surface area contributed by atoms with Gasteiger partial charge in [-0.25, -0.2) is 4.79 Å². The first-order valence-corrected chi connectivity index (χ1v) is 7.02. The molecule has 2 aromatic rings. The fourth-order valence-corrected chi connectivity index (χ4v) is 1.76. The molecule has 0 atom stereocenters. The smallest absolute Gasteiger partial charge is 0.328 e. The number of phenols is 1. The van der Waals surface area contributed by atoms with Crippen LogP contribution in [-0.2, 0) is 16.0 Å². The number of ether oxygens (including phenoxy) is 1. The van der Waals surface area contributed by atoms with Crippen LogP contribution >= 0.6 is 0 Å². The molecule has 6 heteroatoms. The van der Waals surface area contributed by atoms with Crippen LogP contribution in [-0.4, -0.2) is 29.2 Å². The van der Waals surface area contributed by atoms with E-state index in [0.29, 0.717) is 17.7 Å². The fourth-order valence-electron chi connectivity index (χ4n) is 1.76. The predicted octanol–water partition coefficient (Wildman–Crippen LogP) is 2.21. The molecular weight excluding hydrogens is 310 g/mol. The van der Waals surface area contributed by atoms with Crippen LogP contribution < -0.4 is 10.5 Å². The number of hydrogen-bond donors (Lipinski definition) is 3. The lowest BCUT2D eigenvalue weighted by Crippen LogP contribution is -2.13. The van der Waals surface area contributed by atoms with Gasteiger partial charge in [0.05, 0.1) is 13.5 Å². The largest absolute Gasteiger partial charge is 0.504 e. The van der Waals surface area contributed by atoms with E-state index in [1.54, 1.807) is 12.1 Å². The van der Waals surface area contributed by atoms with E-state index in [9.17, 15) is 14.7 Å². The number of carboxylic acid groups (broad SMARTS) is 1. The highest BCUT2D eigenvalue weighted by atomic mass is 16.5. The van der Waals surface area contributed by atoms with Crippen molar-refractivity contribution in [1.29, 1.82) is 0 Å². The second-order valence-corrected chi connectivity index (χ2v) is 4.73. The maximum Gasteiger partial charge on any atom is 0.328 e. The molecule has 6 nitrogen and oxygen atoms in total. The highest BCUT2D eigenvalue weighted by Gasteiger charge is 2.00. The molecule has 0 saturated carbocycles. The van der Waals surface area contributed by atoms with Gasteiger partial charge in [0.1, 0.15) is 0 Å². The number of carbonyl (C=O) groups excluding carboxylic acids is 1. The summed E-state index contributed by atoms with van der Waals surface area (Å²) in [6, 6.07) is 14.0. The van der Waals surface area contributed by atoms with Gasteiger partial charge in [0.15, 0.2) is 11.5 Å². The van der Waals surface area contributed by atoms with Crippen LogP contribution in [0.15, 0.2) is 54.6 Å². The standard InChI is InChI=1S/C10H10O4.C8H9NO/c1-14-9-6-7(2-4-8(9)11)3-5-10(12)13;9-8(10)6-7-4-2-1-3-5-7/h2-6,11H,1H3,(H,12,13);1-5H,6H2,(H2,9,10)/b5-3+;. The average molecular weight is 329 g/mol. The van der Waals surface area contributed by atoms with Gasteiger partial charge in [-0.15, -0.1) is 0 Å². The van der Waals surface area contributed by atoms with Crippen LogP contribution in [0, 0.1) is 0 Å². The molecule has 4 N–H and O–H groups in total. The van der Waals surface area contributed by atoms with Crippen molar-refractivity contribution in [3.8, 4) is 11.5 Å². The number of phenolic OH excluding ortho intramolecular Hbond substituents is 1. The molecule has 0 spiro atoms. The molecule has 0 saturated heterocycles. The monoisotopic (exact) mass is 329 g/mol. The topological polar surface area (TPSA) is 110 Å². The van der Waals surface area contributed by atoms with Crippen LogP contribution in [0.1, 0.15) is 11.1 Å². The van der Waals surface area contributed by atoms with Gasteiger partial charge >= 0.3 is 5.97 Å². The maximum absolute atomic E-state index is 10.4. The second kappa shape index (κ2) is 9.68. The van der Waals surface area contributed by atoms with Crippen LogP contribution in [0.25, 0.3) is 6.08 Å². The van der Waals surface area contributed by atoms with Gasteiger partial charge < -0.3 is 20.7 Å². The minimum absolute atomic E-state index is 0.0278. The summed E-state index contributed by atoms with van der Waals surface area (Å²) in [4.78, 5) is 20.6. The first-order valence-electron chi connectivity index (χ1n) is 7.02. The molecule has 126 valence electrons. The van der Waals surface area contributed by atoms with E-state index < -0.39 is 5.97 Å². The highest BCUT2D eigenvalue weighted by Crippen LogP contribution is 2.26. The number of hydrogen-bond acceptors (Lipinski definition) is 4. The number of nitrogens with two attached hydrogens (primary N) is 1. The number of rotatable bonds is 5. The SMILES string of the molecule is COc1cc(/C=C/C(=O)O)ccc1O.NC(=O)Cc1ccccc1. The summed E-state index contributed by atoms with van der Waals surface area (Å²) in [5, 5.41) is 17.6. The Bertz CT molecular complexity index is 711. The van der Waals surface area contributed by atoms with Crippen molar-refractivity contribution in [2.24, 2.45) is 5.73 Å². The molecule has 0 radical (unpaired) electrons. The Morgan fingerprint density at radius 2 is 1.83 bits per heavy atom. The van der Waals surface area contributed by atoms with Crippen molar-refractivity contribution < 1.29 is 24.5 Å². The summed E-state index contributed by atoms with van der Waals surface area (Å²) in [6.07, 6.45) is 2.77. The molecule has 0 heterocycles. The molecule has 24 heavy (non-hydrogen) atoms. The summed E-state index contributed by atoms with van der Waals surface area (Å²) in [5.41, 5.74) is 6.61.